The molecule has 0 saturated heterocycles. The molecule has 3 N–H and O–H groups in total. The summed E-state index contributed by atoms with van der Waals surface area (Å²) in [6.07, 6.45) is 0. The van der Waals surface area contributed by atoms with Gasteiger partial charge in [0.15, 0.2) is 0 Å². The maximum absolute atomic E-state index is 12.1. The number of hydrogen-bond donors (Lipinski definition) is 2. The van der Waals surface area contributed by atoms with Crippen LogP contribution >= 0.6 is 0 Å². The molecule has 0 fully saturated rings. The van der Waals surface area contributed by atoms with Crippen molar-refractivity contribution in [2.45, 2.75) is 19.9 Å². The van der Waals surface area contributed by atoms with E-state index in [1.54, 1.807) is 6.07 Å². The molecule has 1 amide bonds. The van der Waals surface area contributed by atoms with Crippen LogP contribution in [0.3, 0.4) is 0 Å². The van der Waals surface area contributed by atoms with Gasteiger partial charge in [0.2, 0.25) is 0 Å². The Morgan fingerprint density at radius 2 is 2.15 bits per heavy atom. The van der Waals surface area contributed by atoms with Crippen LogP contribution < -0.4 is 11.1 Å². The number of hydrogen-bond acceptors (Lipinski definition) is 3. The third-order valence-corrected chi connectivity index (χ3v) is 2.83. The minimum Gasteiger partial charge on any atom is -0.348 e. The summed E-state index contributed by atoms with van der Waals surface area (Å²) in [5.41, 5.74) is 7.91. The van der Waals surface area contributed by atoms with Crippen molar-refractivity contribution in [2.24, 2.45) is 5.73 Å². The SMILES string of the molecule is Cc1cc(C(=O)NC(C)CN(C)C)ccc1C#CCN. The zero-order valence-corrected chi connectivity index (χ0v) is 12.7. The standard InChI is InChI=1S/C16H23N3O/c1-12-10-15(8-7-14(12)6-5-9-17)16(20)18-13(2)11-19(3)4/h7-8,10,13H,9,11,17H2,1-4H3,(H,18,20). The molecule has 1 atom stereocenters. The molecule has 1 rings (SSSR count). The highest BCUT2D eigenvalue weighted by Crippen LogP contribution is 2.10. The van der Waals surface area contributed by atoms with Crippen molar-refractivity contribution < 1.29 is 4.79 Å². The van der Waals surface area contributed by atoms with E-state index in [1.807, 2.05) is 45.0 Å². The molecule has 0 aliphatic heterocycles. The fraction of sp³-hybridized carbons (Fsp3) is 0.438. The number of benzene rings is 1. The molecule has 4 heteroatoms. The van der Waals surface area contributed by atoms with Gasteiger partial charge < -0.3 is 16.0 Å². The lowest BCUT2D eigenvalue weighted by atomic mass is 10.0. The van der Waals surface area contributed by atoms with Crippen LogP contribution in [0.2, 0.25) is 0 Å². The molecular weight excluding hydrogens is 250 g/mol. The molecule has 0 aliphatic carbocycles. The van der Waals surface area contributed by atoms with E-state index >= 15 is 0 Å². The van der Waals surface area contributed by atoms with Gasteiger partial charge in [-0.1, -0.05) is 11.8 Å². The third kappa shape index (κ3) is 5.04. The van der Waals surface area contributed by atoms with Gasteiger partial charge in [-0.15, -0.1) is 0 Å². The smallest absolute Gasteiger partial charge is 0.251 e. The Hall–Kier alpha value is -1.83. The van der Waals surface area contributed by atoms with Crippen molar-refractivity contribution in [3.8, 4) is 11.8 Å². The molecule has 0 radical (unpaired) electrons. The maximum Gasteiger partial charge on any atom is 0.251 e. The largest absolute Gasteiger partial charge is 0.348 e. The van der Waals surface area contributed by atoms with Crippen molar-refractivity contribution in [1.29, 1.82) is 0 Å². The highest BCUT2D eigenvalue weighted by molar-refractivity contribution is 5.94. The van der Waals surface area contributed by atoms with Crippen LogP contribution in [0.4, 0.5) is 0 Å². The number of aryl methyl sites for hydroxylation is 1. The van der Waals surface area contributed by atoms with Gasteiger partial charge in [0.1, 0.15) is 0 Å². The highest BCUT2D eigenvalue weighted by atomic mass is 16.1. The Kier molecular flexibility index (Phi) is 6.23. The number of nitrogens with two attached hydrogens (primary N) is 1. The van der Waals surface area contributed by atoms with Crippen molar-refractivity contribution >= 4 is 5.91 Å². The van der Waals surface area contributed by atoms with Crippen LogP contribution in [0.5, 0.6) is 0 Å². The summed E-state index contributed by atoms with van der Waals surface area (Å²) < 4.78 is 0. The molecule has 0 aliphatic rings. The first-order valence-corrected chi connectivity index (χ1v) is 6.69. The lowest BCUT2D eigenvalue weighted by molar-refractivity contribution is 0.0934. The second kappa shape index (κ2) is 7.68. The van der Waals surface area contributed by atoms with Crippen molar-refractivity contribution in [2.75, 3.05) is 27.2 Å². The van der Waals surface area contributed by atoms with Gasteiger partial charge in [-0.25, -0.2) is 0 Å². The van der Waals surface area contributed by atoms with E-state index in [2.05, 4.69) is 17.2 Å². The Labute approximate surface area is 121 Å². The highest BCUT2D eigenvalue weighted by Gasteiger charge is 2.11. The van der Waals surface area contributed by atoms with Crippen LogP contribution in [0.25, 0.3) is 0 Å². The van der Waals surface area contributed by atoms with Gasteiger partial charge in [-0.3, -0.25) is 4.79 Å². The van der Waals surface area contributed by atoms with E-state index in [0.717, 1.165) is 17.7 Å². The Balaban J connectivity index is 2.77. The molecule has 1 unspecified atom stereocenters. The van der Waals surface area contributed by atoms with E-state index in [1.165, 1.54) is 0 Å². The van der Waals surface area contributed by atoms with Gasteiger partial charge >= 0.3 is 0 Å². The molecule has 1 aromatic rings. The van der Waals surface area contributed by atoms with Crippen molar-refractivity contribution in [1.82, 2.24) is 10.2 Å². The second-order valence-corrected chi connectivity index (χ2v) is 5.17. The minimum absolute atomic E-state index is 0.0548. The lowest BCUT2D eigenvalue weighted by Crippen LogP contribution is -2.39. The molecule has 1 aromatic carbocycles. The van der Waals surface area contributed by atoms with E-state index in [9.17, 15) is 4.79 Å². The summed E-state index contributed by atoms with van der Waals surface area (Å²) in [6, 6.07) is 5.63. The van der Waals surface area contributed by atoms with Crippen LogP contribution in [0.1, 0.15) is 28.4 Å². The van der Waals surface area contributed by atoms with Crippen LogP contribution in [0.15, 0.2) is 18.2 Å². The number of likely N-dealkylation sites (N-methyl/N-ethyl adjacent to an activating group) is 1. The van der Waals surface area contributed by atoms with Crippen molar-refractivity contribution in [3.63, 3.8) is 0 Å². The fourth-order valence-corrected chi connectivity index (χ4v) is 1.99. The molecule has 108 valence electrons. The maximum atomic E-state index is 12.1. The molecule has 0 bridgehead atoms. The monoisotopic (exact) mass is 273 g/mol. The summed E-state index contributed by atoms with van der Waals surface area (Å²) in [5.74, 6) is 5.76. The first-order valence-electron chi connectivity index (χ1n) is 6.69. The average Bonchev–Trinajstić information content (AvgIpc) is 2.36. The zero-order chi connectivity index (χ0) is 15.1. The number of rotatable bonds is 4. The van der Waals surface area contributed by atoms with E-state index in [4.69, 9.17) is 5.73 Å². The summed E-state index contributed by atoms with van der Waals surface area (Å²) in [7, 11) is 3.97. The van der Waals surface area contributed by atoms with Crippen molar-refractivity contribution in [3.05, 3.63) is 34.9 Å². The molecule has 0 heterocycles. The Morgan fingerprint density at radius 1 is 1.45 bits per heavy atom. The summed E-state index contributed by atoms with van der Waals surface area (Å²) in [4.78, 5) is 14.2. The predicted octanol–water partition coefficient (Wildman–Crippen LogP) is 0.985. The zero-order valence-electron chi connectivity index (χ0n) is 12.7. The average molecular weight is 273 g/mol. The molecule has 0 aromatic heterocycles. The first-order chi connectivity index (χ1) is 9.43. The van der Waals surface area contributed by atoms with Gasteiger partial charge in [0.25, 0.3) is 5.91 Å². The van der Waals surface area contributed by atoms with Crippen LogP contribution in [-0.2, 0) is 0 Å². The second-order valence-electron chi connectivity index (χ2n) is 5.17. The molecular formula is C16H23N3O. The minimum atomic E-state index is -0.0548. The number of nitrogens with zero attached hydrogens (tertiary/aromatic N) is 1. The Bertz CT molecular complexity index is 526. The number of nitrogens with one attached hydrogen (secondary N) is 1. The van der Waals surface area contributed by atoms with E-state index in [0.29, 0.717) is 12.1 Å². The summed E-state index contributed by atoms with van der Waals surface area (Å²) >= 11 is 0. The first kappa shape index (κ1) is 16.2. The predicted molar refractivity (Wildman–Crippen MR) is 82.6 cm³/mol. The molecule has 20 heavy (non-hydrogen) atoms. The Morgan fingerprint density at radius 3 is 2.70 bits per heavy atom. The summed E-state index contributed by atoms with van der Waals surface area (Å²) in [5, 5.41) is 2.98. The lowest BCUT2D eigenvalue weighted by Gasteiger charge is -2.18. The van der Waals surface area contributed by atoms with Gasteiger partial charge in [-0.05, 0) is 51.7 Å². The fourth-order valence-electron chi connectivity index (χ4n) is 1.99. The van der Waals surface area contributed by atoms with Gasteiger partial charge in [0.05, 0.1) is 6.54 Å². The molecule has 0 spiro atoms. The molecule has 4 nitrogen and oxygen atoms in total. The normalized spacial score (nSPS) is 11.7. The van der Waals surface area contributed by atoms with Crippen LogP contribution in [0, 0.1) is 18.8 Å². The molecule has 0 saturated carbocycles. The van der Waals surface area contributed by atoms with Gasteiger partial charge in [-0.2, -0.15) is 0 Å². The summed E-state index contributed by atoms with van der Waals surface area (Å²) in [6.45, 7) is 5.08. The number of carbonyl (C=O) groups excluding carboxylic acids is 1. The van der Waals surface area contributed by atoms with E-state index in [-0.39, 0.29) is 11.9 Å². The third-order valence-electron chi connectivity index (χ3n) is 2.83. The van der Waals surface area contributed by atoms with Crippen LogP contribution in [-0.4, -0.2) is 44.0 Å². The number of amides is 1. The topological polar surface area (TPSA) is 58.4 Å². The number of carbonyl (C=O) groups is 1. The van der Waals surface area contributed by atoms with E-state index < -0.39 is 0 Å². The van der Waals surface area contributed by atoms with Gasteiger partial charge in [0, 0.05) is 23.7 Å². The quantitative estimate of drug-likeness (QED) is 0.804.